The zero-order valence-corrected chi connectivity index (χ0v) is 15.1. The van der Waals surface area contributed by atoms with Gasteiger partial charge in [0.15, 0.2) is 0 Å². The molecule has 2 rings (SSSR count). The van der Waals surface area contributed by atoms with Crippen LogP contribution in [0.15, 0.2) is 30.3 Å². The number of ether oxygens (including phenoxy) is 6. The first-order chi connectivity index (χ1) is 12.9. The number of carbonyl (C=O) groups is 1. The maximum atomic E-state index is 11.7. The lowest BCUT2D eigenvalue weighted by Gasteiger charge is -2.18. The highest BCUT2D eigenvalue weighted by atomic mass is 16.6. The summed E-state index contributed by atoms with van der Waals surface area (Å²) in [7, 11) is 0. The zero-order chi connectivity index (χ0) is 18.3. The van der Waals surface area contributed by atoms with Crippen molar-refractivity contribution in [3.8, 4) is 0 Å². The summed E-state index contributed by atoms with van der Waals surface area (Å²) in [4.78, 5) is 11.7. The summed E-state index contributed by atoms with van der Waals surface area (Å²) in [5.74, 6) is -0.419. The number of cyclic esters (lactones) is 1. The van der Waals surface area contributed by atoms with Gasteiger partial charge in [-0.05, 0) is 12.0 Å². The van der Waals surface area contributed by atoms with Crippen molar-refractivity contribution in [1.29, 1.82) is 0 Å². The van der Waals surface area contributed by atoms with Crippen LogP contribution in [0.3, 0.4) is 0 Å². The van der Waals surface area contributed by atoms with Gasteiger partial charge in [0.25, 0.3) is 0 Å². The molecule has 1 aromatic rings. The molecule has 1 saturated heterocycles. The van der Waals surface area contributed by atoms with Crippen molar-refractivity contribution in [2.75, 3.05) is 66.1 Å². The Morgan fingerprint density at radius 1 is 0.731 bits per heavy atom. The minimum Gasteiger partial charge on any atom is -0.462 e. The molecule has 1 aromatic carbocycles. The molecule has 0 radical (unpaired) electrons. The number of benzene rings is 1. The molecule has 0 saturated carbocycles. The van der Waals surface area contributed by atoms with E-state index in [9.17, 15) is 4.79 Å². The second-order valence-corrected chi connectivity index (χ2v) is 5.70. The molecule has 0 aromatic heterocycles. The Hall–Kier alpha value is -1.51. The minimum atomic E-state index is -0.419. The van der Waals surface area contributed by atoms with E-state index >= 15 is 0 Å². The summed E-state index contributed by atoms with van der Waals surface area (Å²) >= 11 is 0. The summed E-state index contributed by atoms with van der Waals surface area (Å²) in [6.45, 7) is 3.87. The summed E-state index contributed by atoms with van der Waals surface area (Å²) in [6, 6.07) is 9.77. The summed E-state index contributed by atoms with van der Waals surface area (Å²) in [5.41, 5.74) is 0.994. The Balaban J connectivity index is 1.82. The molecular formula is C19H28O7. The van der Waals surface area contributed by atoms with Gasteiger partial charge in [0.05, 0.1) is 39.6 Å². The molecule has 0 N–H and O–H groups in total. The van der Waals surface area contributed by atoms with Gasteiger partial charge in [0.2, 0.25) is 0 Å². The fourth-order valence-electron chi connectivity index (χ4n) is 2.35. The molecule has 1 aliphatic rings. The molecule has 1 fully saturated rings. The van der Waals surface area contributed by atoms with Crippen LogP contribution in [0.4, 0.5) is 0 Å². The molecule has 1 aliphatic heterocycles. The average Bonchev–Trinajstić information content (AvgIpc) is 2.67. The van der Waals surface area contributed by atoms with E-state index in [0.717, 1.165) is 12.0 Å². The van der Waals surface area contributed by atoms with Gasteiger partial charge in [0, 0.05) is 13.2 Å². The van der Waals surface area contributed by atoms with E-state index in [0.29, 0.717) is 46.2 Å². The van der Waals surface area contributed by atoms with E-state index in [1.54, 1.807) is 0 Å². The van der Waals surface area contributed by atoms with Crippen LogP contribution in [0.1, 0.15) is 18.1 Å². The summed E-state index contributed by atoms with van der Waals surface area (Å²) in [6.07, 6.45) is 0.560. The molecule has 0 aliphatic carbocycles. The number of rotatable bonds is 1. The van der Waals surface area contributed by atoms with Crippen molar-refractivity contribution in [1.82, 2.24) is 0 Å². The minimum absolute atomic E-state index is 0.119. The monoisotopic (exact) mass is 368 g/mol. The van der Waals surface area contributed by atoms with Gasteiger partial charge in [-0.1, -0.05) is 30.3 Å². The molecular weight excluding hydrogens is 340 g/mol. The molecule has 0 amide bonds. The Bertz CT molecular complexity index is 480. The first-order valence-electron chi connectivity index (χ1n) is 8.99. The zero-order valence-electron chi connectivity index (χ0n) is 15.1. The molecule has 1 atom stereocenters. The fraction of sp³-hybridized carbons (Fsp3) is 0.632. The maximum absolute atomic E-state index is 11.7. The second kappa shape index (κ2) is 13.7. The Labute approximate surface area is 154 Å². The number of hydrogen-bond donors (Lipinski definition) is 0. The van der Waals surface area contributed by atoms with Gasteiger partial charge in [-0.25, -0.2) is 4.79 Å². The van der Waals surface area contributed by atoms with Crippen molar-refractivity contribution in [3.05, 3.63) is 35.9 Å². The van der Waals surface area contributed by atoms with Gasteiger partial charge >= 0.3 is 5.97 Å². The van der Waals surface area contributed by atoms with Crippen LogP contribution >= 0.6 is 0 Å². The van der Waals surface area contributed by atoms with E-state index < -0.39 is 5.97 Å². The highest BCUT2D eigenvalue weighted by molar-refractivity contribution is 5.70. The quantitative estimate of drug-likeness (QED) is 0.700. The first-order valence-corrected chi connectivity index (χ1v) is 8.99. The molecule has 1 heterocycles. The third kappa shape index (κ3) is 9.26. The summed E-state index contributed by atoms with van der Waals surface area (Å²) in [5, 5.41) is 0. The number of hydrogen-bond acceptors (Lipinski definition) is 7. The van der Waals surface area contributed by atoms with E-state index in [2.05, 4.69) is 0 Å². The van der Waals surface area contributed by atoms with Gasteiger partial charge < -0.3 is 28.4 Å². The van der Waals surface area contributed by atoms with E-state index in [1.165, 1.54) is 0 Å². The van der Waals surface area contributed by atoms with Crippen LogP contribution in [0, 0.1) is 0 Å². The second-order valence-electron chi connectivity index (χ2n) is 5.70. The standard InChI is InChI=1S/C19H28O7/c20-19-16-24-15-18(17-5-2-1-3-6-17)25-13-11-22-8-4-7-21-9-10-23-12-14-26-19/h1-3,5-6,18H,4,7-16H2. The third-order valence-electron chi connectivity index (χ3n) is 3.65. The maximum Gasteiger partial charge on any atom is 0.332 e. The molecule has 0 spiro atoms. The van der Waals surface area contributed by atoms with Crippen molar-refractivity contribution < 1.29 is 33.2 Å². The number of carbonyl (C=O) groups excluding carboxylic acids is 1. The molecule has 7 heteroatoms. The van der Waals surface area contributed by atoms with E-state index in [4.69, 9.17) is 28.4 Å². The van der Waals surface area contributed by atoms with E-state index in [1.807, 2.05) is 30.3 Å². The van der Waals surface area contributed by atoms with Gasteiger partial charge in [-0.2, -0.15) is 0 Å². The Morgan fingerprint density at radius 3 is 2.15 bits per heavy atom. The lowest BCUT2D eigenvalue weighted by Crippen LogP contribution is -2.20. The SMILES string of the molecule is O=C1COCC(c2ccccc2)OCCOCCCOCCOCCO1. The van der Waals surface area contributed by atoms with Crippen LogP contribution in [0.25, 0.3) is 0 Å². The first kappa shape index (κ1) is 20.8. The van der Waals surface area contributed by atoms with Crippen LogP contribution < -0.4 is 0 Å². The van der Waals surface area contributed by atoms with Gasteiger partial charge in [0.1, 0.15) is 19.3 Å². The normalized spacial score (nSPS) is 23.2. The highest BCUT2D eigenvalue weighted by Crippen LogP contribution is 2.17. The fourth-order valence-corrected chi connectivity index (χ4v) is 2.35. The van der Waals surface area contributed by atoms with Crippen LogP contribution in [-0.2, 0) is 33.2 Å². The van der Waals surface area contributed by atoms with Crippen molar-refractivity contribution in [3.63, 3.8) is 0 Å². The van der Waals surface area contributed by atoms with Crippen LogP contribution in [0.5, 0.6) is 0 Å². The topological polar surface area (TPSA) is 72.5 Å². The third-order valence-corrected chi connectivity index (χ3v) is 3.65. The molecule has 26 heavy (non-hydrogen) atoms. The molecule has 7 nitrogen and oxygen atoms in total. The molecule has 0 bridgehead atoms. The van der Waals surface area contributed by atoms with Gasteiger partial charge in [-0.15, -0.1) is 0 Å². The van der Waals surface area contributed by atoms with Crippen molar-refractivity contribution in [2.24, 2.45) is 0 Å². The van der Waals surface area contributed by atoms with E-state index in [-0.39, 0.29) is 25.9 Å². The largest absolute Gasteiger partial charge is 0.462 e. The molecule has 146 valence electrons. The summed E-state index contributed by atoms with van der Waals surface area (Å²) < 4.78 is 32.7. The lowest BCUT2D eigenvalue weighted by atomic mass is 10.1. The Kier molecular flexibility index (Phi) is 10.9. The smallest absolute Gasteiger partial charge is 0.332 e. The Morgan fingerprint density at radius 2 is 1.38 bits per heavy atom. The molecule has 1 unspecified atom stereocenters. The predicted octanol–water partition coefficient (Wildman–Crippen LogP) is 1.76. The van der Waals surface area contributed by atoms with Crippen molar-refractivity contribution >= 4 is 5.97 Å². The van der Waals surface area contributed by atoms with Crippen molar-refractivity contribution in [2.45, 2.75) is 12.5 Å². The predicted molar refractivity (Wildman–Crippen MR) is 94.0 cm³/mol. The van der Waals surface area contributed by atoms with Gasteiger partial charge in [-0.3, -0.25) is 0 Å². The van der Waals surface area contributed by atoms with Crippen LogP contribution in [-0.4, -0.2) is 72.0 Å². The number of esters is 1. The average molecular weight is 368 g/mol. The van der Waals surface area contributed by atoms with Crippen LogP contribution in [0.2, 0.25) is 0 Å². The lowest BCUT2D eigenvalue weighted by molar-refractivity contribution is -0.152. The highest BCUT2D eigenvalue weighted by Gasteiger charge is 2.14.